The van der Waals surface area contributed by atoms with Crippen molar-refractivity contribution in [2.75, 3.05) is 0 Å². The van der Waals surface area contributed by atoms with E-state index in [1.165, 1.54) is 0 Å². The number of aromatic nitrogens is 1. The molecule has 0 fully saturated rings. The molecule has 0 radical (unpaired) electrons. The van der Waals surface area contributed by atoms with Crippen LogP contribution in [0.2, 0.25) is 0 Å². The highest BCUT2D eigenvalue weighted by Gasteiger charge is 1.86. The maximum atomic E-state index is 8.23. The first-order valence-corrected chi connectivity index (χ1v) is 2.70. The molecule has 56 valence electrons. The number of hydrogen-bond acceptors (Lipinski definition) is 3. The highest BCUT2D eigenvalue weighted by molar-refractivity contribution is 5.85. The minimum Gasteiger partial charge on any atom is -0.316 e. The summed E-state index contributed by atoms with van der Waals surface area (Å²) in [4.78, 5) is 3.95. The van der Waals surface area contributed by atoms with Crippen molar-refractivity contribution in [3.63, 3.8) is 0 Å². The lowest BCUT2D eigenvalue weighted by Crippen LogP contribution is -2.06. The molecule has 0 aliphatic carbocycles. The van der Waals surface area contributed by atoms with Crippen molar-refractivity contribution in [2.45, 2.75) is 6.54 Å². The Balaban J connectivity index is 0.000000810. The summed E-state index contributed by atoms with van der Waals surface area (Å²) in [6.07, 6.45) is 1.69. The smallest absolute Gasteiger partial charge is 0.0631 e. The molecule has 0 aliphatic rings. The maximum absolute atomic E-state index is 8.23. The van der Waals surface area contributed by atoms with Crippen LogP contribution in [0.4, 0.5) is 0 Å². The molecule has 0 saturated carbocycles. The van der Waals surface area contributed by atoms with E-state index in [1.54, 1.807) is 6.20 Å². The molecule has 1 heterocycles. The molecule has 1 rings (SSSR count). The van der Waals surface area contributed by atoms with E-state index in [0.717, 1.165) is 5.69 Å². The van der Waals surface area contributed by atoms with Gasteiger partial charge in [-0.15, -0.1) is 12.4 Å². The molecule has 0 atom stereocenters. The van der Waals surface area contributed by atoms with Gasteiger partial charge in [-0.2, -0.15) is 5.48 Å². The van der Waals surface area contributed by atoms with Crippen LogP contribution in [-0.4, -0.2) is 10.2 Å². The van der Waals surface area contributed by atoms with Gasteiger partial charge in [0.2, 0.25) is 0 Å². The van der Waals surface area contributed by atoms with Crippen molar-refractivity contribution in [3.05, 3.63) is 30.1 Å². The zero-order valence-electron chi connectivity index (χ0n) is 5.32. The lowest BCUT2D eigenvalue weighted by molar-refractivity contribution is 0.160. The Labute approximate surface area is 65.5 Å². The molecule has 0 aliphatic heterocycles. The van der Waals surface area contributed by atoms with Crippen LogP contribution >= 0.6 is 12.4 Å². The second-order valence-corrected chi connectivity index (χ2v) is 1.66. The number of rotatable bonds is 2. The SMILES string of the molecule is Cl.ONCc1ccccn1. The first kappa shape index (κ1) is 9.36. The molecule has 0 amide bonds. The highest BCUT2D eigenvalue weighted by atomic mass is 35.5. The molecule has 0 saturated heterocycles. The van der Waals surface area contributed by atoms with E-state index in [1.807, 2.05) is 23.7 Å². The van der Waals surface area contributed by atoms with Crippen molar-refractivity contribution in [1.29, 1.82) is 0 Å². The molecular weight excluding hydrogens is 152 g/mol. The van der Waals surface area contributed by atoms with Gasteiger partial charge in [0.1, 0.15) is 0 Å². The van der Waals surface area contributed by atoms with E-state index in [4.69, 9.17) is 5.21 Å². The summed E-state index contributed by atoms with van der Waals surface area (Å²) in [6.45, 7) is 0.404. The fourth-order valence-corrected chi connectivity index (χ4v) is 0.584. The van der Waals surface area contributed by atoms with E-state index in [0.29, 0.717) is 6.54 Å². The predicted molar refractivity (Wildman–Crippen MR) is 40.1 cm³/mol. The molecule has 4 heteroatoms. The topological polar surface area (TPSA) is 45.1 Å². The molecule has 2 N–H and O–H groups in total. The highest BCUT2D eigenvalue weighted by Crippen LogP contribution is 1.89. The van der Waals surface area contributed by atoms with Crippen molar-refractivity contribution in [1.82, 2.24) is 10.5 Å². The van der Waals surface area contributed by atoms with E-state index in [-0.39, 0.29) is 12.4 Å². The van der Waals surface area contributed by atoms with E-state index in [2.05, 4.69) is 4.98 Å². The van der Waals surface area contributed by atoms with Gasteiger partial charge in [0, 0.05) is 6.20 Å². The van der Waals surface area contributed by atoms with Gasteiger partial charge in [-0.1, -0.05) is 6.07 Å². The maximum Gasteiger partial charge on any atom is 0.0631 e. The van der Waals surface area contributed by atoms with Gasteiger partial charge in [-0.05, 0) is 12.1 Å². The lowest BCUT2D eigenvalue weighted by Gasteiger charge is -1.93. The average Bonchev–Trinajstić information content (AvgIpc) is 1.91. The van der Waals surface area contributed by atoms with Crippen LogP contribution in [0.3, 0.4) is 0 Å². The zero-order valence-corrected chi connectivity index (χ0v) is 6.14. The van der Waals surface area contributed by atoms with Gasteiger partial charge in [0.25, 0.3) is 0 Å². The van der Waals surface area contributed by atoms with Crippen molar-refractivity contribution in [3.8, 4) is 0 Å². The molecule has 3 nitrogen and oxygen atoms in total. The van der Waals surface area contributed by atoms with Crippen LogP contribution in [0.25, 0.3) is 0 Å². The Bertz CT molecular complexity index is 169. The minimum atomic E-state index is 0. The summed E-state index contributed by atoms with van der Waals surface area (Å²) in [7, 11) is 0. The molecule has 0 aromatic carbocycles. The molecule has 0 unspecified atom stereocenters. The summed E-state index contributed by atoms with van der Waals surface area (Å²) in [5.74, 6) is 0. The zero-order chi connectivity index (χ0) is 6.53. The number of nitrogens with zero attached hydrogens (tertiary/aromatic N) is 1. The fraction of sp³-hybridized carbons (Fsp3) is 0.167. The third-order valence-electron chi connectivity index (χ3n) is 0.986. The first-order valence-electron chi connectivity index (χ1n) is 2.70. The lowest BCUT2D eigenvalue weighted by atomic mass is 10.4. The second kappa shape index (κ2) is 5.17. The number of nitrogens with one attached hydrogen (secondary N) is 1. The monoisotopic (exact) mass is 160 g/mol. The third kappa shape index (κ3) is 2.77. The van der Waals surface area contributed by atoms with Crippen LogP contribution < -0.4 is 5.48 Å². The summed E-state index contributed by atoms with van der Waals surface area (Å²) >= 11 is 0. The standard InChI is InChI=1S/C6H8N2O.ClH/c9-8-5-6-3-1-2-4-7-6;/h1-4,8-9H,5H2;1H. The average molecular weight is 161 g/mol. The van der Waals surface area contributed by atoms with Gasteiger partial charge in [0.05, 0.1) is 12.2 Å². The number of hydroxylamine groups is 1. The quantitative estimate of drug-likeness (QED) is 0.634. The second-order valence-electron chi connectivity index (χ2n) is 1.66. The predicted octanol–water partition coefficient (Wildman–Crippen LogP) is 0.982. The molecule has 0 spiro atoms. The fourth-order valence-electron chi connectivity index (χ4n) is 0.584. The molecule has 1 aromatic heterocycles. The largest absolute Gasteiger partial charge is 0.316 e. The van der Waals surface area contributed by atoms with Crippen LogP contribution in [0.5, 0.6) is 0 Å². The Hall–Kier alpha value is -0.640. The molecule has 10 heavy (non-hydrogen) atoms. The normalized spacial score (nSPS) is 8.50. The van der Waals surface area contributed by atoms with Crippen molar-refractivity contribution in [2.24, 2.45) is 0 Å². The van der Waals surface area contributed by atoms with Crippen LogP contribution in [0.1, 0.15) is 5.69 Å². The Kier molecular flexibility index (Phi) is 4.84. The van der Waals surface area contributed by atoms with E-state index < -0.39 is 0 Å². The Morgan fingerprint density at radius 2 is 2.30 bits per heavy atom. The number of halogens is 1. The van der Waals surface area contributed by atoms with Crippen LogP contribution in [0, 0.1) is 0 Å². The molecular formula is C6H9ClN2O. The Morgan fingerprint density at radius 1 is 1.50 bits per heavy atom. The number of pyridine rings is 1. The molecule has 0 bridgehead atoms. The van der Waals surface area contributed by atoms with Gasteiger partial charge in [-0.3, -0.25) is 4.98 Å². The summed E-state index contributed by atoms with van der Waals surface area (Å²) in [5, 5.41) is 8.23. The Morgan fingerprint density at radius 3 is 2.80 bits per heavy atom. The van der Waals surface area contributed by atoms with Crippen LogP contribution in [-0.2, 0) is 6.54 Å². The van der Waals surface area contributed by atoms with Gasteiger partial charge in [0.15, 0.2) is 0 Å². The first-order chi connectivity index (χ1) is 4.43. The van der Waals surface area contributed by atoms with Gasteiger partial charge < -0.3 is 5.21 Å². The third-order valence-corrected chi connectivity index (χ3v) is 0.986. The summed E-state index contributed by atoms with van der Waals surface area (Å²) in [5.41, 5.74) is 2.85. The summed E-state index contributed by atoms with van der Waals surface area (Å²) < 4.78 is 0. The number of hydrogen-bond donors (Lipinski definition) is 2. The van der Waals surface area contributed by atoms with E-state index in [9.17, 15) is 0 Å². The van der Waals surface area contributed by atoms with Gasteiger partial charge >= 0.3 is 0 Å². The molecule has 1 aromatic rings. The van der Waals surface area contributed by atoms with Crippen molar-refractivity contribution >= 4 is 12.4 Å². The van der Waals surface area contributed by atoms with Gasteiger partial charge in [-0.25, -0.2) is 0 Å². The minimum absolute atomic E-state index is 0. The van der Waals surface area contributed by atoms with E-state index >= 15 is 0 Å². The van der Waals surface area contributed by atoms with Crippen LogP contribution in [0.15, 0.2) is 24.4 Å². The van der Waals surface area contributed by atoms with Crippen molar-refractivity contribution < 1.29 is 5.21 Å². The summed E-state index contributed by atoms with van der Waals surface area (Å²) in [6, 6.07) is 5.55.